The van der Waals surface area contributed by atoms with Crippen LogP contribution in [0.15, 0.2) is 0 Å². The molecule has 0 bridgehead atoms. The van der Waals surface area contributed by atoms with Crippen molar-refractivity contribution in [3.8, 4) is 0 Å². The van der Waals surface area contributed by atoms with E-state index >= 15 is 0 Å². The van der Waals surface area contributed by atoms with Gasteiger partial charge in [-0.2, -0.15) is 0 Å². The maximum absolute atomic E-state index is 8.58. The van der Waals surface area contributed by atoms with E-state index in [1.807, 2.05) is 0 Å². The molecule has 0 aromatic carbocycles. The van der Waals surface area contributed by atoms with E-state index in [1.165, 1.54) is 0 Å². The summed E-state index contributed by atoms with van der Waals surface area (Å²) in [6.07, 6.45) is 0. The van der Waals surface area contributed by atoms with Gasteiger partial charge < -0.3 is 19.6 Å². The van der Waals surface area contributed by atoms with Crippen molar-refractivity contribution in [3.63, 3.8) is 0 Å². The van der Waals surface area contributed by atoms with Crippen molar-refractivity contribution >= 4 is 16.5 Å². The summed E-state index contributed by atoms with van der Waals surface area (Å²) in [4.78, 5) is 33.9. The Balaban J connectivity index is -0.0000000886. The molecule has 0 aliphatic heterocycles. The van der Waals surface area contributed by atoms with Gasteiger partial charge in [-0.3, -0.25) is 0 Å². The molecule has 0 aliphatic carbocycles. The first-order valence-electron chi connectivity index (χ1n) is 1.50. The Morgan fingerprint density at radius 3 is 0.818 bits per heavy atom. The Hall–Kier alpha value is 0.692. The molecule has 11 heavy (non-hydrogen) atoms. The van der Waals surface area contributed by atoms with E-state index in [4.69, 9.17) is 33.2 Å². The molecule has 11 heteroatoms. The summed E-state index contributed by atoms with van der Waals surface area (Å²) in [5.41, 5.74) is 0. The first kappa shape index (κ1) is 17.7. The first-order chi connectivity index (χ1) is 4.88. The fourth-order valence-corrected chi connectivity index (χ4v) is 0. The van der Waals surface area contributed by atoms with E-state index in [2.05, 4.69) is 0 Å². The van der Waals surface area contributed by atoms with Gasteiger partial charge in [0.1, 0.15) is 0 Å². The summed E-state index contributed by atoms with van der Waals surface area (Å²) in [7, 11) is -6.74. The fourth-order valence-electron chi connectivity index (χ4n) is 0. The van der Waals surface area contributed by atoms with Crippen molar-refractivity contribution in [3.05, 3.63) is 0 Å². The van der Waals surface area contributed by atoms with Crippen molar-refractivity contribution in [1.29, 1.82) is 0 Å². The molecular weight excluding hydrogens is 428 g/mol. The van der Waals surface area contributed by atoms with Crippen LogP contribution in [0.3, 0.4) is 0 Å². The molecule has 0 N–H and O–H groups in total. The van der Waals surface area contributed by atoms with Gasteiger partial charge >= 0.3 is 32.3 Å². The van der Waals surface area contributed by atoms with E-state index in [-0.39, 0.29) is 0 Å². The number of rotatable bonds is 0. The second kappa shape index (κ2) is 17.0. The van der Waals surface area contributed by atoms with Crippen LogP contribution in [-0.2, 0) is 13.6 Å². The third-order valence-corrected chi connectivity index (χ3v) is 0. The molecule has 0 saturated heterocycles. The topological polar surface area (TPSA) is 161 Å². The van der Waals surface area contributed by atoms with Gasteiger partial charge in [-0.1, -0.05) is 9.13 Å². The zero-order chi connectivity index (χ0) is 9.86. The summed E-state index contributed by atoms with van der Waals surface area (Å²) in [6, 6.07) is 0. The molecule has 0 amide bonds. The second-order valence-electron chi connectivity index (χ2n) is 0.531. The van der Waals surface area contributed by atoms with E-state index in [0.717, 1.165) is 0 Å². The van der Waals surface area contributed by atoms with Gasteiger partial charge in [0, 0.05) is 0 Å². The van der Waals surface area contributed by atoms with Gasteiger partial charge in [-0.25, -0.2) is 0 Å². The summed E-state index contributed by atoms with van der Waals surface area (Å²) < 4.78 is 34.1. The van der Waals surface area contributed by atoms with Gasteiger partial charge in [-0.15, -0.1) is 0 Å². The zero-order valence-electron chi connectivity index (χ0n) is 4.66. The molecule has 0 fully saturated rings. The van der Waals surface area contributed by atoms with Gasteiger partial charge in [0.15, 0.2) is 0 Å². The van der Waals surface area contributed by atoms with Crippen LogP contribution in [0.5, 0.6) is 0 Å². The normalized spacial score (nSPS) is 5.45. The molecule has 0 unspecified atom stereocenters. The van der Waals surface area contributed by atoms with Gasteiger partial charge in [0.05, 0.1) is 0 Å². The van der Waals surface area contributed by atoms with Crippen molar-refractivity contribution in [2.45, 2.75) is 0 Å². The average Bonchev–Trinajstić information content (AvgIpc) is 1.60. The van der Waals surface area contributed by atoms with Gasteiger partial charge in [0.2, 0.25) is 0 Å². The third kappa shape index (κ3) is 1690. The van der Waals surface area contributed by atoms with E-state index in [9.17, 15) is 0 Å². The molecule has 0 saturated carbocycles. The predicted molar refractivity (Wildman–Crippen MR) is 16.6 cm³/mol. The standard InChI is InChI=1S/2HO3P.2O.U/c2*1-4(2)3;;;/h2*(H,1,2,3);;;/q;;;;+2/p-2. The molecule has 8 nitrogen and oxygen atoms in total. The van der Waals surface area contributed by atoms with Crippen LogP contribution in [0, 0.1) is 27.8 Å². The first-order valence-corrected chi connectivity index (χ1v) is 7.09. The Bertz CT molecular complexity index is 124. The quantitative estimate of drug-likeness (QED) is 0.359. The van der Waals surface area contributed by atoms with Crippen molar-refractivity contribution in [2.24, 2.45) is 0 Å². The molecule has 0 aliphatic rings. The Kier molecular flexibility index (Phi) is 27.3. The van der Waals surface area contributed by atoms with Crippen LogP contribution in [0.4, 0.5) is 0 Å². The minimum absolute atomic E-state index is 2.51. The second-order valence-corrected chi connectivity index (χ2v) is 2.12. The zero-order valence-corrected chi connectivity index (χ0v) is 10.6. The summed E-state index contributed by atoms with van der Waals surface area (Å²) in [5.74, 6) is 0. The van der Waals surface area contributed by atoms with E-state index in [0.29, 0.717) is 0 Å². The molecule has 0 aromatic rings. The Morgan fingerprint density at radius 1 is 0.818 bits per heavy atom. The van der Waals surface area contributed by atoms with Crippen LogP contribution >= 0.6 is 16.5 Å². The summed E-state index contributed by atoms with van der Waals surface area (Å²) in [6.45, 7) is 0. The third-order valence-electron chi connectivity index (χ3n) is 0. The SMILES string of the molecule is O=[P+]([O-])[O-].O=[P+]([O-])[O-].[O]=[U+2]=[O]. The van der Waals surface area contributed by atoms with Crippen LogP contribution < -0.4 is 19.6 Å². The summed E-state index contributed by atoms with van der Waals surface area (Å²) >= 11 is -2.51. The van der Waals surface area contributed by atoms with Crippen LogP contribution in [0.1, 0.15) is 0 Å². The molecular formula is O8P2U. The molecule has 0 atom stereocenters. The maximum atomic E-state index is 8.58. The van der Waals surface area contributed by atoms with Crippen molar-refractivity contribution in [1.82, 2.24) is 0 Å². The van der Waals surface area contributed by atoms with Gasteiger partial charge in [-0.05, 0) is 0 Å². The van der Waals surface area contributed by atoms with Gasteiger partial charge in [0.25, 0.3) is 16.5 Å². The Labute approximate surface area is 77.4 Å². The van der Waals surface area contributed by atoms with E-state index < -0.39 is 44.3 Å². The molecule has 0 radical (unpaired) electrons. The average molecular weight is 428 g/mol. The van der Waals surface area contributed by atoms with Crippen molar-refractivity contribution < 1.29 is 61.0 Å². The molecule has 0 aromatic heterocycles. The van der Waals surface area contributed by atoms with Crippen molar-refractivity contribution in [2.75, 3.05) is 0 Å². The Morgan fingerprint density at radius 2 is 0.818 bits per heavy atom. The van der Waals surface area contributed by atoms with Crippen LogP contribution in [0.2, 0.25) is 0 Å². The van der Waals surface area contributed by atoms with Crippen LogP contribution in [0.25, 0.3) is 0 Å². The summed E-state index contributed by atoms with van der Waals surface area (Å²) in [5, 5.41) is 0. The van der Waals surface area contributed by atoms with Crippen LogP contribution in [-0.4, -0.2) is 0 Å². The fraction of sp³-hybridized carbons (Fsp3) is 0. The monoisotopic (exact) mass is 428 g/mol. The number of hydrogen-bond donors (Lipinski definition) is 0. The van der Waals surface area contributed by atoms with E-state index in [1.54, 1.807) is 0 Å². The minimum atomic E-state index is -3.37. The molecule has 0 rings (SSSR count). The number of hydrogen-bond acceptors (Lipinski definition) is 8. The predicted octanol–water partition coefficient (Wildman–Crippen LogP) is -3.51. The molecule has 62 valence electrons. The molecule has 0 spiro atoms. The molecule has 0 heterocycles.